The van der Waals surface area contributed by atoms with Crippen LogP contribution in [0.25, 0.3) is 0 Å². The first-order valence-electron chi connectivity index (χ1n) is 9.63. The zero-order valence-corrected chi connectivity index (χ0v) is 17.9. The Kier molecular flexibility index (Phi) is 7.46. The predicted octanol–water partition coefficient (Wildman–Crippen LogP) is 3.88. The lowest BCUT2D eigenvalue weighted by molar-refractivity contribution is 0.229. The van der Waals surface area contributed by atoms with Crippen molar-refractivity contribution in [2.75, 3.05) is 34.3 Å². The number of para-hydroxylation sites is 1. The molecule has 0 aromatic heterocycles. The van der Waals surface area contributed by atoms with Crippen molar-refractivity contribution in [3.8, 4) is 5.75 Å². The lowest BCUT2D eigenvalue weighted by Gasteiger charge is -2.29. The molecule has 1 atom stereocenters. The molecule has 0 heterocycles. The Hall–Kier alpha value is -2.53. The summed E-state index contributed by atoms with van der Waals surface area (Å²) < 4.78 is 5.48. The van der Waals surface area contributed by atoms with Crippen LogP contribution in [0.15, 0.2) is 48.5 Å². The lowest BCUT2D eigenvalue weighted by atomic mass is 9.82. The SMILES string of the molecule is COc1ccccc1C(CNC(=O)NCC(C)(C)c1ccccc1C)N(C)C. The van der Waals surface area contributed by atoms with Crippen LogP contribution in [0.1, 0.15) is 36.6 Å². The number of carbonyl (C=O) groups excluding carboxylic acids is 1. The number of hydrogen-bond acceptors (Lipinski definition) is 3. The van der Waals surface area contributed by atoms with Gasteiger partial charge >= 0.3 is 6.03 Å². The molecule has 2 aromatic rings. The van der Waals surface area contributed by atoms with E-state index >= 15 is 0 Å². The van der Waals surface area contributed by atoms with Crippen LogP contribution >= 0.6 is 0 Å². The Balaban J connectivity index is 1.97. The van der Waals surface area contributed by atoms with Crippen LogP contribution in [0.5, 0.6) is 5.75 Å². The number of methoxy groups -OCH3 is 1. The quantitative estimate of drug-likeness (QED) is 0.727. The van der Waals surface area contributed by atoms with E-state index in [4.69, 9.17) is 4.74 Å². The number of ether oxygens (including phenoxy) is 1. The number of hydrogen-bond donors (Lipinski definition) is 2. The fourth-order valence-electron chi connectivity index (χ4n) is 3.49. The molecular weight excluding hydrogens is 350 g/mol. The van der Waals surface area contributed by atoms with Gasteiger partial charge in [-0.05, 0) is 38.2 Å². The highest BCUT2D eigenvalue weighted by Gasteiger charge is 2.24. The summed E-state index contributed by atoms with van der Waals surface area (Å²) in [6.07, 6.45) is 0. The second-order valence-corrected chi connectivity index (χ2v) is 7.98. The summed E-state index contributed by atoms with van der Waals surface area (Å²) in [6.45, 7) is 7.45. The zero-order valence-electron chi connectivity index (χ0n) is 17.9. The predicted molar refractivity (Wildman–Crippen MR) is 115 cm³/mol. The number of amides is 2. The number of benzene rings is 2. The van der Waals surface area contributed by atoms with Gasteiger partial charge in [0.2, 0.25) is 0 Å². The molecule has 0 aliphatic heterocycles. The maximum absolute atomic E-state index is 12.4. The topological polar surface area (TPSA) is 53.6 Å². The van der Waals surface area contributed by atoms with Crippen molar-refractivity contribution in [1.82, 2.24) is 15.5 Å². The summed E-state index contributed by atoms with van der Waals surface area (Å²) in [5.74, 6) is 0.823. The number of nitrogens with zero attached hydrogens (tertiary/aromatic N) is 1. The van der Waals surface area contributed by atoms with Gasteiger partial charge in [-0.25, -0.2) is 4.79 Å². The molecule has 0 aliphatic rings. The normalized spacial score (nSPS) is 12.5. The van der Waals surface area contributed by atoms with E-state index in [2.05, 4.69) is 48.4 Å². The molecule has 0 fully saturated rings. The third-order valence-corrected chi connectivity index (χ3v) is 5.14. The smallest absolute Gasteiger partial charge is 0.314 e. The van der Waals surface area contributed by atoms with Gasteiger partial charge < -0.3 is 20.3 Å². The molecule has 2 rings (SSSR count). The highest BCUT2D eigenvalue weighted by Crippen LogP contribution is 2.27. The van der Waals surface area contributed by atoms with Gasteiger partial charge in [-0.1, -0.05) is 56.3 Å². The molecule has 28 heavy (non-hydrogen) atoms. The number of urea groups is 1. The van der Waals surface area contributed by atoms with E-state index in [9.17, 15) is 4.79 Å². The first-order chi connectivity index (χ1) is 13.3. The Morgan fingerprint density at radius 2 is 1.71 bits per heavy atom. The molecule has 5 nitrogen and oxygen atoms in total. The summed E-state index contributed by atoms with van der Waals surface area (Å²) in [6, 6.07) is 16.1. The van der Waals surface area contributed by atoms with Crippen molar-refractivity contribution in [1.29, 1.82) is 0 Å². The highest BCUT2D eigenvalue weighted by atomic mass is 16.5. The maximum Gasteiger partial charge on any atom is 0.314 e. The molecule has 0 aliphatic carbocycles. The van der Waals surface area contributed by atoms with Crippen molar-refractivity contribution in [3.63, 3.8) is 0 Å². The van der Waals surface area contributed by atoms with Crippen LogP contribution in [0, 0.1) is 6.92 Å². The van der Waals surface area contributed by atoms with E-state index in [1.165, 1.54) is 11.1 Å². The van der Waals surface area contributed by atoms with E-state index in [1.54, 1.807) is 7.11 Å². The van der Waals surface area contributed by atoms with Gasteiger partial charge in [-0.15, -0.1) is 0 Å². The van der Waals surface area contributed by atoms with Gasteiger partial charge in [0.05, 0.1) is 13.2 Å². The molecule has 1 unspecified atom stereocenters. The number of rotatable bonds is 8. The Morgan fingerprint density at radius 1 is 1.07 bits per heavy atom. The van der Waals surface area contributed by atoms with Crippen LogP contribution in [-0.2, 0) is 5.41 Å². The van der Waals surface area contributed by atoms with Crippen molar-refractivity contribution < 1.29 is 9.53 Å². The molecule has 0 saturated heterocycles. The standard InChI is InChI=1S/C23H33N3O2/c1-17-11-7-9-13-19(17)23(2,3)16-25-22(27)24-15-20(26(4)5)18-12-8-10-14-21(18)28-6/h7-14,20H,15-16H2,1-6H3,(H2,24,25,27). The minimum atomic E-state index is -0.164. The number of nitrogens with one attached hydrogen (secondary N) is 2. The van der Waals surface area contributed by atoms with Gasteiger partial charge in [-0.3, -0.25) is 0 Å². The van der Waals surface area contributed by atoms with Crippen LogP contribution < -0.4 is 15.4 Å². The number of likely N-dealkylation sites (N-methyl/N-ethyl adjacent to an activating group) is 1. The Labute approximate surface area is 169 Å². The molecule has 5 heteroatoms. The summed E-state index contributed by atoms with van der Waals surface area (Å²) >= 11 is 0. The maximum atomic E-state index is 12.4. The van der Waals surface area contributed by atoms with Crippen LogP contribution in [0.3, 0.4) is 0 Å². The highest BCUT2D eigenvalue weighted by molar-refractivity contribution is 5.74. The first-order valence-corrected chi connectivity index (χ1v) is 9.63. The van der Waals surface area contributed by atoms with Gasteiger partial charge in [0.15, 0.2) is 0 Å². The number of carbonyl (C=O) groups is 1. The Morgan fingerprint density at radius 3 is 2.36 bits per heavy atom. The van der Waals surface area contributed by atoms with Crippen LogP contribution in [0.2, 0.25) is 0 Å². The fourth-order valence-corrected chi connectivity index (χ4v) is 3.49. The molecule has 152 valence electrons. The lowest BCUT2D eigenvalue weighted by Crippen LogP contribution is -2.44. The second-order valence-electron chi connectivity index (χ2n) is 7.98. The third kappa shape index (κ3) is 5.49. The largest absolute Gasteiger partial charge is 0.496 e. The van der Waals surface area contributed by atoms with E-state index in [-0.39, 0.29) is 17.5 Å². The summed E-state index contributed by atoms with van der Waals surface area (Å²) in [5, 5.41) is 6.03. The van der Waals surface area contributed by atoms with Crippen LogP contribution in [0.4, 0.5) is 4.79 Å². The zero-order chi connectivity index (χ0) is 20.7. The van der Waals surface area contributed by atoms with Crippen molar-refractivity contribution in [3.05, 3.63) is 65.2 Å². The molecule has 0 saturated carbocycles. The summed E-state index contributed by atoms with van der Waals surface area (Å²) in [7, 11) is 5.66. The molecule has 0 spiro atoms. The van der Waals surface area contributed by atoms with E-state index < -0.39 is 0 Å². The minimum Gasteiger partial charge on any atom is -0.496 e. The average molecular weight is 384 g/mol. The van der Waals surface area contributed by atoms with Gasteiger partial charge in [0, 0.05) is 24.1 Å². The average Bonchev–Trinajstić information content (AvgIpc) is 2.67. The van der Waals surface area contributed by atoms with E-state index in [1.807, 2.05) is 50.5 Å². The monoisotopic (exact) mass is 383 g/mol. The number of aryl methyl sites for hydroxylation is 1. The third-order valence-electron chi connectivity index (χ3n) is 5.14. The van der Waals surface area contributed by atoms with Gasteiger partial charge in [0.25, 0.3) is 0 Å². The first kappa shape index (κ1) is 21.8. The van der Waals surface area contributed by atoms with Crippen molar-refractivity contribution in [2.45, 2.75) is 32.2 Å². The van der Waals surface area contributed by atoms with Gasteiger partial charge in [0.1, 0.15) is 5.75 Å². The minimum absolute atomic E-state index is 0.0197. The van der Waals surface area contributed by atoms with E-state index in [0.717, 1.165) is 11.3 Å². The van der Waals surface area contributed by atoms with Crippen molar-refractivity contribution in [2.24, 2.45) is 0 Å². The molecular formula is C23H33N3O2. The fraction of sp³-hybridized carbons (Fsp3) is 0.435. The summed E-state index contributed by atoms with van der Waals surface area (Å²) in [4.78, 5) is 14.5. The molecule has 2 amide bonds. The van der Waals surface area contributed by atoms with Crippen LogP contribution in [-0.4, -0.2) is 45.2 Å². The Bertz CT molecular complexity index is 787. The molecule has 2 N–H and O–H groups in total. The van der Waals surface area contributed by atoms with Crippen molar-refractivity contribution >= 4 is 6.03 Å². The van der Waals surface area contributed by atoms with E-state index in [0.29, 0.717) is 13.1 Å². The second kappa shape index (κ2) is 9.60. The van der Waals surface area contributed by atoms with Gasteiger partial charge in [-0.2, -0.15) is 0 Å². The summed E-state index contributed by atoms with van der Waals surface area (Å²) in [5.41, 5.74) is 3.39. The molecule has 0 radical (unpaired) electrons. The molecule has 0 bridgehead atoms. The molecule has 2 aromatic carbocycles.